The first-order valence-electron chi connectivity index (χ1n) is 8.17. The minimum absolute atomic E-state index is 0.0172. The van der Waals surface area contributed by atoms with Crippen LogP contribution in [0.1, 0.15) is 24.6 Å². The number of ether oxygens (including phenoxy) is 1. The molecule has 3 rings (SSSR count). The highest BCUT2D eigenvalue weighted by atomic mass is 32.1. The van der Waals surface area contributed by atoms with Crippen LogP contribution in [0.25, 0.3) is 5.69 Å². The van der Waals surface area contributed by atoms with E-state index < -0.39 is 0 Å². The van der Waals surface area contributed by atoms with Crippen molar-refractivity contribution < 1.29 is 9.53 Å². The Labute approximate surface area is 150 Å². The van der Waals surface area contributed by atoms with Crippen molar-refractivity contribution in [3.8, 4) is 11.4 Å². The molecule has 0 atom stereocenters. The van der Waals surface area contributed by atoms with Crippen molar-refractivity contribution >= 4 is 17.2 Å². The topological polar surface area (TPSA) is 69.0 Å². The Hall–Kier alpha value is -2.67. The molecule has 2 heterocycles. The highest BCUT2D eigenvalue weighted by molar-refractivity contribution is 7.08. The fourth-order valence-corrected chi connectivity index (χ4v) is 3.05. The van der Waals surface area contributed by atoms with Gasteiger partial charge < -0.3 is 10.1 Å². The number of aryl methyl sites for hydroxylation is 1. The summed E-state index contributed by atoms with van der Waals surface area (Å²) in [6.45, 7) is 2.94. The number of nitrogens with zero attached hydrogens (tertiary/aromatic N) is 3. The predicted molar refractivity (Wildman–Crippen MR) is 97.0 cm³/mol. The second-order valence-electron chi connectivity index (χ2n) is 5.45. The van der Waals surface area contributed by atoms with Crippen LogP contribution in [-0.4, -0.2) is 27.5 Å². The molecule has 0 unspecified atom stereocenters. The fourth-order valence-electron chi connectivity index (χ4n) is 2.43. The van der Waals surface area contributed by atoms with Crippen LogP contribution < -0.4 is 10.1 Å². The largest absolute Gasteiger partial charge is 0.494 e. The summed E-state index contributed by atoms with van der Waals surface area (Å²) in [6, 6.07) is 9.78. The first-order valence-corrected chi connectivity index (χ1v) is 9.11. The molecule has 0 aliphatic heterocycles. The number of rotatable bonds is 8. The van der Waals surface area contributed by atoms with Crippen LogP contribution in [0.4, 0.5) is 0 Å². The molecular weight excluding hydrogens is 336 g/mol. The van der Waals surface area contributed by atoms with Gasteiger partial charge in [0.15, 0.2) is 0 Å². The SMILES string of the molecule is CCOc1ccccc1CCC(=O)NCc1cn(-c2ccsc2)nn1. The van der Waals surface area contributed by atoms with Gasteiger partial charge in [-0.05, 0) is 36.4 Å². The molecule has 1 aromatic carbocycles. The Morgan fingerprint density at radius 1 is 1.32 bits per heavy atom. The molecule has 0 aliphatic rings. The van der Waals surface area contributed by atoms with E-state index in [2.05, 4.69) is 15.6 Å². The summed E-state index contributed by atoms with van der Waals surface area (Å²) in [7, 11) is 0. The van der Waals surface area contributed by atoms with E-state index in [0.29, 0.717) is 26.0 Å². The van der Waals surface area contributed by atoms with Gasteiger partial charge >= 0.3 is 0 Å². The zero-order chi connectivity index (χ0) is 17.5. The van der Waals surface area contributed by atoms with Crippen molar-refractivity contribution in [1.29, 1.82) is 0 Å². The van der Waals surface area contributed by atoms with Crippen molar-refractivity contribution in [2.24, 2.45) is 0 Å². The molecule has 6 nitrogen and oxygen atoms in total. The Bertz CT molecular complexity index is 814. The quantitative estimate of drug-likeness (QED) is 0.674. The Morgan fingerprint density at radius 3 is 3.00 bits per heavy atom. The molecule has 0 saturated carbocycles. The van der Waals surface area contributed by atoms with Crippen molar-refractivity contribution in [3.05, 3.63) is 58.5 Å². The highest BCUT2D eigenvalue weighted by Gasteiger charge is 2.08. The Balaban J connectivity index is 1.49. The van der Waals surface area contributed by atoms with Gasteiger partial charge in [-0.2, -0.15) is 11.3 Å². The number of para-hydroxylation sites is 1. The molecule has 0 saturated heterocycles. The number of aromatic nitrogens is 3. The predicted octanol–water partition coefficient (Wildman–Crippen LogP) is 2.98. The lowest BCUT2D eigenvalue weighted by Crippen LogP contribution is -2.23. The number of nitrogens with one attached hydrogen (secondary N) is 1. The van der Waals surface area contributed by atoms with Gasteiger partial charge in [-0.3, -0.25) is 4.79 Å². The summed E-state index contributed by atoms with van der Waals surface area (Å²) in [5, 5.41) is 15.0. The number of hydrogen-bond donors (Lipinski definition) is 1. The molecule has 1 N–H and O–H groups in total. The molecule has 0 fully saturated rings. The molecule has 1 amide bonds. The summed E-state index contributed by atoms with van der Waals surface area (Å²) in [6.07, 6.45) is 2.87. The van der Waals surface area contributed by atoms with E-state index in [1.54, 1.807) is 16.0 Å². The summed E-state index contributed by atoms with van der Waals surface area (Å²) in [4.78, 5) is 12.1. The summed E-state index contributed by atoms with van der Waals surface area (Å²) >= 11 is 1.60. The standard InChI is InChI=1S/C18H20N4O2S/c1-2-24-17-6-4-3-5-14(17)7-8-18(23)19-11-15-12-22(21-20-15)16-9-10-25-13-16/h3-6,9-10,12-13H,2,7-8,11H2,1H3,(H,19,23). The first kappa shape index (κ1) is 17.2. The van der Waals surface area contributed by atoms with Gasteiger partial charge in [-0.1, -0.05) is 23.4 Å². The number of thiophene rings is 1. The van der Waals surface area contributed by atoms with Gasteiger partial charge in [0, 0.05) is 11.8 Å². The van der Waals surface area contributed by atoms with E-state index in [-0.39, 0.29) is 5.91 Å². The number of carbonyl (C=O) groups is 1. The number of benzene rings is 1. The van der Waals surface area contributed by atoms with E-state index in [9.17, 15) is 4.79 Å². The van der Waals surface area contributed by atoms with Gasteiger partial charge in [0.1, 0.15) is 11.4 Å². The van der Waals surface area contributed by atoms with Crippen LogP contribution in [0.15, 0.2) is 47.3 Å². The molecule has 130 valence electrons. The van der Waals surface area contributed by atoms with Gasteiger partial charge in [0.2, 0.25) is 5.91 Å². The van der Waals surface area contributed by atoms with Crippen LogP contribution in [0.5, 0.6) is 5.75 Å². The monoisotopic (exact) mass is 356 g/mol. The van der Waals surface area contributed by atoms with Crippen molar-refractivity contribution in [1.82, 2.24) is 20.3 Å². The van der Waals surface area contributed by atoms with Crippen LogP contribution in [0.3, 0.4) is 0 Å². The summed E-state index contributed by atoms with van der Waals surface area (Å²) in [5.74, 6) is 0.827. The average molecular weight is 356 g/mol. The maximum Gasteiger partial charge on any atom is 0.220 e. The molecule has 2 aromatic heterocycles. The zero-order valence-corrected chi connectivity index (χ0v) is 14.8. The third-order valence-corrected chi connectivity index (χ3v) is 4.34. The summed E-state index contributed by atoms with van der Waals surface area (Å²) < 4.78 is 7.29. The van der Waals surface area contributed by atoms with Crippen molar-refractivity contribution in [2.45, 2.75) is 26.3 Å². The molecular formula is C18H20N4O2S. The molecule has 0 aliphatic carbocycles. The molecule has 7 heteroatoms. The molecule has 25 heavy (non-hydrogen) atoms. The normalized spacial score (nSPS) is 10.6. The van der Waals surface area contributed by atoms with Gasteiger partial charge in [0.25, 0.3) is 0 Å². The molecule has 0 bridgehead atoms. The average Bonchev–Trinajstić information content (AvgIpc) is 3.31. The smallest absolute Gasteiger partial charge is 0.220 e. The van der Waals surface area contributed by atoms with E-state index in [4.69, 9.17) is 4.74 Å². The van der Waals surface area contributed by atoms with Crippen LogP contribution in [-0.2, 0) is 17.8 Å². The van der Waals surface area contributed by atoms with Gasteiger partial charge in [0.05, 0.1) is 25.0 Å². The zero-order valence-electron chi connectivity index (χ0n) is 14.0. The fraction of sp³-hybridized carbons (Fsp3) is 0.278. The summed E-state index contributed by atoms with van der Waals surface area (Å²) in [5.41, 5.74) is 2.75. The van der Waals surface area contributed by atoms with E-state index in [1.807, 2.05) is 54.2 Å². The lowest BCUT2D eigenvalue weighted by molar-refractivity contribution is -0.121. The third-order valence-electron chi connectivity index (χ3n) is 3.67. The first-order chi connectivity index (χ1) is 12.3. The van der Waals surface area contributed by atoms with Gasteiger partial charge in [-0.25, -0.2) is 4.68 Å². The van der Waals surface area contributed by atoms with Crippen LogP contribution in [0, 0.1) is 0 Å². The minimum Gasteiger partial charge on any atom is -0.494 e. The number of hydrogen-bond acceptors (Lipinski definition) is 5. The van der Waals surface area contributed by atoms with Crippen LogP contribution >= 0.6 is 11.3 Å². The van der Waals surface area contributed by atoms with Crippen molar-refractivity contribution in [3.63, 3.8) is 0 Å². The molecule has 0 radical (unpaired) electrons. The minimum atomic E-state index is -0.0172. The molecule has 0 spiro atoms. The van der Waals surface area contributed by atoms with E-state index in [0.717, 1.165) is 22.7 Å². The maximum atomic E-state index is 12.1. The second-order valence-corrected chi connectivity index (χ2v) is 6.23. The molecule has 3 aromatic rings. The van der Waals surface area contributed by atoms with Gasteiger partial charge in [-0.15, -0.1) is 5.10 Å². The highest BCUT2D eigenvalue weighted by Crippen LogP contribution is 2.19. The Kier molecular flexibility index (Phi) is 5.79. The Morgan fingerprint density at radius 2 is 2.20 bits per heavy atom. The second kappa shape index (κ2) is 8.43. The lowest BCUT2D eigenvalue weighted by atomic mass is 10.1. The van der Waals surface area contributed by atoms with E-state index in [1.165, 1.54) is 0 Å². The van der Waals surface area contributed by atoms with E-state index >= 15 is 0 Å². The number of carbonyl (C=O) groups excluding carboxylic acids is 1. The third kappa shape index (κ3) is 4.67. The maximum absolute atomic E-state index is 12.1. The van der Waals surface area contributed by atoms with Crippen LogP contribution in [0.2, 0.25) is 0 Å². The van der Waals surface area contributed by atoms with Crippen molar-refractivity contribution in [2.75, 3.05) is 6.61 Å². The lowest BCUT2D eigenvalue weighted by Gasteiger charge is -2.09. The number of amides is 1.